The summed E-state index contributed by atoms with van der Waals surface area (Å²) in [5.74, 6) is 0. The molecule has 1 fully saturated rings. The third-order valence-electron chi connectivity index (χ3n) is 1.62. The highest BCUT2D eigenvalue weighted by atomic mass is 31.2. The maximum Gasteiger partial charge on any atom is 0.327 e. The summed E-state index contributed by atoms with van der Waals surface area (Å²) in [6.45, 7) is 0.894. The van der Waals surface area contributed by atoms with Crippen LogP contribution in [0.3, 0.4) is 0 Å². The molecule has 1 atom stereocenters. The molecule has 5 heteroatoms. The molecule has 0 aliphatic carbocycles. The van der Waals surface area contributed by atoms with Crippen molar-refractivity contribution in [1.29, 1.82) is 0 Å². The number of hydrogen-bond acceptors (Lipinski definition) is 2. The van der Waals surface area contributed by atoms with E-state index in [1.165, 1.54) is 0 Å². The van der Waals surface area contributed by atoms with Crippen LogP contribution in [0, 0.1) is 0 Å². The van der Waals surface area contributed by atoms with E-state index in [-0.39, 0.29) is 12.2 Å². The Labute approximate surface area is 59.8 Å². The minimum Gasteiger partial charge on any atom is -0.324 e. The second kappa shape index (κ2) is 3.01. The van der Waals surface area contributed by atoms with Gasteiger partial charge < -0.3 is 15.1 Å². The van der Waals surface area contributed by atoms with Crippen LogP contribution in [-0.2, 0) is 4.57 Å². The Morgan fingerprint density at radius 3 is 2.70 bits per heavy atom. The van der Waals surface area contributed by atoms with Gasteiger partial charge in [-0.3, -0.25) is 4.57 Å². The number of nitrogens with one attached hydrogen (secondary N) is 1. The Morgan fingerprint density at radius 2 is 2.30 bits per heavy atom. The van der Waals surface area contributed by atoms with Crippen molar-refractivity contribution >= 4 is 7.60 Å². The van der Waals surface area contributed by atoms with Crippen molar-refractivity contribution in [3.8, 4) is 0 Å². The molecule has 0 aromatic heterocycles. The molecular weight excluding hydrogens is 153 g/mol. The van der Waals surface area contributed by atoms with Gasteiger partial charge in [-0.2, -0.15) is 0 Å². The van der Waals surface area contributed by atoms with E-state index < -0.39 is 7.60 Å². The molecule has 0 radical (unpaired) electrons. The van der Waals surface area contributed by atoms with Gasteiger partial charge in [0, 0.05) is 6.04 Å². The molecule has 0 amide bonds. The minimum atomic E-state index is -3.78. The molecular formula is C5H12NO3P. The van der Waals surface area contributed by atoms with Crippen LogP contribution in [0.15, 0.2) is 0 Å². The fourth-order valence-corrected chi connectivity index (χ4v) is 2.09. The monoisotopic (exact) mass is 165 g/mol. The molecule has 1 heterocycles. The lowest BCUT2D eigenvalue weighted by Gasteiger charge is -2.09. The summed E-state index contributed by atoms with van der Waals surface area (Å²) in [5.41, 5.74) is 0. The van der Waals surface area contributed by atoms with E-state index in [0.717, 1.165) is 19.4 Å². The van der Waals surface area contributed by atoms with Crippen molar-refractivity contribution in [3.63, 3.8) is 0 Å². The Kier molecular flexibility index (Phi) is 2.47. The molecule has 0 saturated carbocycles. The third-order valence-corrected chi connectivity index (χ3v) is 2.54. The fourth-order valence-electron chi connectivity index (χ4n) is 1.20. The highest BCUT2D eigenvalue weighted by molar-refractivity contribution is 7.51. The Hall–Kier alpha value is 0.110. The zero-order valence-electron chi connectivity index (χ0n) is 5.66. The first-order chi connectivity index (χ1) is 4.58. The zero-order chi connectivity index (χ0) is 7.61. The Balaban J connectivity index is 2.31. The van der Waals surface area contributed by atoms with Gasteiger partial charge >= 0.3 is 7.60 Å². The predicted molar refractivity (Wildman–Crippen MR) is 37.9 cm³/mol. The van der Waals surface area contributed by atoms with Gasteiger partial charge in [0.1, 0.15) is 0 Å². The fraction of sp³-hybridized carbons (Fsp3) is 1.00. The van der Waals surface area contributed by atoms with Crippen LogP contribution >= 0.6 is 7.60 Å². The molecule has 3 N–H and O–H groups in total. The average Bonchev–Trinajstić information content (AvgIpc) is 2.12. The van der Waals surface area contributed by atoms with Gasteiger partial charge in [0.05, 0.1) is 6.16 Å². The van der Waals surface area contributed by atoms with Crippen molar-refractivity contribution in [2.75, 3.05) is 12.7 Å². The molecule has 1 aliphatic rings. The van der Waals surface area contributed by atoms with Crippen LogP contribution in [0.5, 0.6) is 0 Å². The van der Waals surface area contributed by atoms with Crippen LogP contribution in [0.4, 0.5) is 0 Å². The Morgan fingerprint density at radius 1 is 1.60 bits per heavy atom. The van der Waals surface area contributed by atoms with E-state index in [9.17, 15) is 4.57 Å². The minimum absolute atomic E-state index is 0.00694. The zero-order valence-corrected chi connectivity index (χ0v) is 6.55. The number of rotatable bonds is 2. The highest BCUT2D eigenvalue weighted by Gasteiger charge is 2.23. The van der Waals surface area contributed by atoms with Crippen molar-refractivity contribution in [1.82, 2.24) is 5.32 Å². The van der Waals surface area contributed by atoms with Gasteiger partial charge in [-0.15, -0.1) is 0 Å². The van der Waals surface area contributed by atoms with Crippen LogP contribution in [0.25, 0.3) is 0 Å². The smallest absolute Gasteiger partial charge is 0.324 e. The maximum absolute atomic E-state index is 10.4. The van der Waals surface area contributed by atoms with Gasteiger partial charge in [-0.1, -0.05) is 0 Å². The van der Waals surface area contributed by atoms with Crippen LogP contribution in [0.2, 0.25) is 0 Å². The summed E-state index contributed by atoms with van der Waals surface area (Å²) in [4.78, 5) is 17.1. The first-order valence-corrected chi connectivity index (χ1v) is 5.16. The molecule has 1 aliphatic heterocycles. The molecule has 60 valence electrons. The maximum atomic E-state index is 10.4. The summed E-state index contributed by atoms with van der Waals surface area (Å²) in [6, 6.07) is 0.0424. The molecule has 0 bridgehead atoms. The molecule has 1 saturated heterocycles. The van der Waals surface area contributed by atoms with Gasteiger partial charge in [-0.05, 0) is 19.4 Å². The molecule has 10 heavy (non-hydrogen) atoms. The second-order valence-corrected chi connectivity index (χ2v) is 4.34. The molecule has 0 spiro atoms. The van der Waals surface area contributed by atoms with Gasteiger partial charge in [0.2, 0.25) is 0 Å². The van der Waals surface area contributed by atoms with Gasteiger partial charge in [0.15, 0.2) is 0 Å². The first kappa shape index (κ1) is 8.21. The van der Waals surface area contributed by atoms with E-state index in [1.807, 2.05) is 0 Å². The van der Waals surface area contributed by atoms with Crippen molar-refractivity contribution in [2.24, 2.45) is 0 Å². The second-order valence-electron chi connectivity index (χ2n) is 2.64. The largest absolute Gasteiger partial charge is 0.327 e. The summed E-state index contributed by atoms with van der Waals surface area (Å²) in [7, 11) is -3.78. The third kappa shape index (κ3) is 2.80. The summed E-state index contributed by atoms with van der Waals surface area (Å²) in [6.07, 6.45) is 1.92. The Bertz CT molecular complexity index is 149. The van der Waals surface area contributed by atoms with E-state index in [2.05, 4.69) is 5.32 Å². The van der Waals surface area contributed by atoms with Gasteiger partial charge in [-0.25, -0.2) is 0 Å². The van der Waals surface area contributed by atoms with E-state index in [4.69, 9.17) is 9.79 Å². The summed E-state index contributed by atoms with van der Waals surface area (Å²) < 4.78 is 10.4. The lowest BCUT2D eigenvalue weighted by Crippen LogP contribution is -2.25. The molecule has 0 unspecified atom stereocenters. The highest BCUT2D eigenvalue weighted by Crippen LogP contribution is 2.36. The lowest BCUT2D eigenvalue weighted by atomic mass is 10.3. The van der Waals surface area contributed by atoms with Crippen LogP contribution in [-0.4, -0.2) is 28.5 Å². The van der Waals surface area contributed by atoms with Crippen molar-refractivity contribution < 1.29 is 14.4 Å². The quantitative estimate of drug-likeness (QED) is 0.500. The average molecular weight is 165 g/mol. The summed E-state index contributed by atoms with van der Waals surface area (Å²) in [5, 5.41) is 3.02. The number of hydrogen-bond donors (Lipinski definition) is 3. The standard InChI is InChI=1S/C5H12NO3P/c7-10(8,9)4-5-2-1-3-6-5/h5-6H,1-4H2,(H2,7,8,9)/t5-/m0/s1. The lowest BCUT2D eigenvalue weighted by molar-refractivity contribution is 0.366. The molecule has 0 aromatic carbocycles. The van der Waals surface area contributed by atoms with Gasteiger partial charge in [0.25, 0.3) is 0 Å². The molecule has 1 rings (SSSR count). The predicted octanol–water partition coefficient (Wildman–Crippen LogP) is -0.0839. The van der Waals surface area contributed by atoms with E-state index in [0.29, 0.717) is 0 Å². The normalized spacial score (nSPS) is 27.2. The van der Waals surface area contributed by atoms with E-state index in [1.54, 1.807) is 0 Å². The topological polar surface area (TPSA) is 69.6 Å². The summed E-state index contributed by atoms with van der Waals surface area (Å²) >= 11 is 0. The SMILES string of the molecule is O=P(O)(O)C[C@@H]1CCCN1. The molecule has 0 aromatic rings. The van der Waals surface area contributed by atoms with Crippen LogP contribution < -0.4 is 5.32 Å². The first-order valence-electron chi connectivity index (χ1n) is 3.36. The van der Waals surface area contributed by atoms with Crippen LogP contribution in [0.1, 0.15) is 12.8 Å². The van der Waals surface area contributed by atoms with Crippen molar-refractivity contribution in [2.45, 2.75) is 18.9 Å². The van der Waals surface area contributed by atoms with E-state index >= 15 is 0 Å². The molecule has 4 nitrogen and oxygen atoms in total. The van der Waals surface area contributed by atoms with Crippen molar-refractivity contribution in [3.05, 3.63) is 0 Å².